The van der Waals surface area contributed by atoms with Crippen LogP contribution in [0.4, 0.5) is 0 Å². The molecule has 0 aliphatic carbocycles. The molecule has 0 aromatic heterocycles. The SMILES string of the molecule is C=CC(C)N1CCCC(C(C)CC(=O)O)C1. The Morgan fingerprint density at radius 1 is 1.62 bits per heavy atom. The highest BCUT2D eigenvalue weighted by Crippen LogP contribution is 2.27. The normalized spacial score (nSPS) is 26.0. The Kier molecular flexibility index (Phi) is 5.00. The molecule has 1 heterocycles. The van der Waals surface area contributed by atoms with Gasteiger partial charge >= 0.3 is 5.97 Å². The summed E-state index contributed by atoms with van der Waals surface area (Å²) in [5.41, 5.74) is 0. The summed E-state index contributed by atoms with van der Waals surface area (Å²) in [5.74, 6) is 0.117. The molecule has 1 fully saturated rings. The number of nitrogens with zero attached hydrogens (tertiary/aromatic N) is 1. The maximum absolute atomic E-state index is 10.7. The van der Waals surface area contributed by atoms with Crippen molar-refractivity contribution in [3.8, 4) is 0 Å². The molecule has 92 valence electrons. The standard InChI is InChI=1S/C13H23NO2/c1-4-11(3)14-7-5-6-12(9-14)10(2)8-13(15)16/h4,10-12H,1,5-9H2,2-3H3,(H,15,16). The minimum Gasteiger partial charge on any atom is -0.481 e. The topological polar surface area (TPSA) is 40.5 Å². The Labute approximate surface area is 98.1 Å². The third-order valence-electron chi connectivity index (χ3n) is 3.71. The Hall–Kier alpha value is -0.830. The first-order chi connectivity index (χ1) is 7.54. The lowest BCUT2D eigenvalue weighted by Crippen LogP contribution is -2.42. The molecule has 16 heavy (non-hydrogen) atoms. The Morgan fingerprint density at radius 3 is 2.88 bits per heavy atom. The molecule has 3 nitrogen and oxygen atoms in total. The minimum atomic E-state index is -0.679. The highest BCUT2D eigenvalue weighted by molar-refractivity contribution is 5.67. The van der Waals surface area contributed by atoms with Crippen molar-refractivity contribution >= 4 is 5.97 Å². The number of likely N-dealkylation sites (tertiary alicyclic amines) is 1. The van der Waals surface area contributed by atoms with Gasteiger partial charge in [0.25, 0.3) is 0 Å². The van der Waals surface area contributed by atoms with Crippen LogP contribution >= 0.6 is 0 Å². The van der Waals surface area contributed by atoms with Crippen LogP contribution in [0.2, 0.25) is 0 Å². The van der Waals surface area contributed by atoms with Gasteiger partial charge in [-0.3, -0.25) is 9.69 Å². The lowest BCUT2D eigenvalue weighted by atomic mass is 9.84. The van der Waals surface area contributed by atoms with Crippen molar-refractivity contribution in [1.82, 2.24) is 4.90 Å². The summed E-state index contributed by atoms with van der Waals surface area (Å²) in [4.78, 5) is 13.1. The second-order valence-electron chi connectivity index (χ2n) is 4.95. The molecule has 3 heteroatoms. The van der Waals surface area contributed by atoms with E-state index in [0.717, 1.165) is 19.5 Å². The Balaban J connectivity index is 2.49. The van der Waals surface area contributed by atoms with Crippen LogP contribution in [0.5, 0.6) is 0 Å². The fourth-order valence-electron chi connectivity index (χ4n) is 2.47. The van der Waals surface area contributed by atoms with E-state index in [4.69, 9.17) is 5.11 Å². The van der Waals surface area contributed by atoms with Crippen LogP contribution in [-0.2, 0) is 4.79 Å². The van der Waals surface area contributed by atoms with Crippen LogP contribution in [0.15, 0.2) is 12.7 Å². The largest absolute Gasteiger partial charge is 0.481 e. The lowest BCUT2D eigenvalue weighted by molar-refractivity contribution is -0.138. The second kappa shape index (κ2) is 6.04. The van der Waals surface area contributed by atoms with Gasteiger partial charge in [0.1, 0.15) is 0 Å². The van der Waals surface area contributed by atoms with Gasteiger partial charge in [0.2, 0.25) is 0 Å². The quantitative estimate of drug-likeness (QED) is 0.730. The van der Waals surface area contributed by atoms with Crippen molar-refractivity contribution in [1.29, 1.82) is 0 Å². The van der Waals surface area contributed by atoms with Crippen molar-refractivity contribution in [2.24, 2.45) is 11.8 Å². The highest BCUT2D eigenvalue weighted by atomic mass is 16.4. The number of piperidine rings is 1. The van der Waals surface area contributed by atoms with Crippen molar-refractivity contribution in [3.05, 3.63) is 12.7 Å². The minimum absolute atomic E-state index is 0.275. The summed E-state index contributed by atoms with van der Waals surface area (Å²) in [6, 6.07) is 0.403. The van der Waals surface area contributed by atoms with Crippen LogP contribution in [0.3, 0.4) is 0 Å². The molecule has 1 aliphatic heterocycles. The summed E-state index contributed by atoms with van der Waals surface area (Å²) in [7, 11) is 0. The summed E-state index contributed by atoms with van der Waals surface area (Å²) in [6.45, 7) is 10.2. The Morgan fingerprint density at radius 2 is 2.31 bits per heavy atom. The first kappa shape index (κ1) is 13.2. The van der Waals surface area contributed by atoms with E-state index in [9.17, 15) is 4.79 Å². The number of hydrogen-bond donors (Lipinski definition) is 1. The maximum Gasteiger partial charge on any atom is 0.303 e. The molecule has 0 amide bonds. The molecule has 1 N–H and O–H groups in total. The zero-order valence-electron chi connectivity index (χ0n) is 10.4. The van der Waals surface area contributed by atoms with Gasteiger partial charge in [-0.05, 0) is 38.1 Å². The summed E-state index contributed by atoms with van der Waals surface area (Å²) in [6.07, 6.45) is 4.59. The van der Waals surface area contributed by atoms with Gasteiger partial charge < -0.3 is 5.11 Å². The number of aliphatic carboxylic acids is 1. The first-order valence-electron chi connectivity index (χ1n) is 6.13. The molecule has 3 unspecified atom stereocenters. The predicted octanol–water partition coefficient (Wildman–Crippen LogP) is 2.38. The van der Waals surface area contributed by atoms with Gasteiger partial charge in [-0.25, -0.2) is 0 Å². The lowest BCUT2D eigenvalue weighted by Gasteiger charge is -2.37. The van der Waals surface area contributed by atoms with Crippen LogP contribution in [0, 0.1) is 11.8 Å². The Bertz CT molecular complexity index is 252. The molecule has 1 aliphatic rings. The average molecular weight is 225 g/mol. The molecule has 1 saturated heterocycles. The summed E-state index contributed by atoms with van der Waals surface area (Å²) in [5, 5.41) is 8.81. The van der Waals surface area contributed by atoms with Crippen molar-refractivity contribution in [2.75, 3.05) is 13.1 Å². The third kappa shape index (κ3) is 3.63. The van der Waals surface area contributed by atoms with Crippen LogP contribution in [0.25, 0.3) is 0 Å². The highest BCUT2D eigenvalue weighted by Gasteiger charge is 2.27. The molecule has 0 saturated carbocycles. The molecular weight excluding hydrogens is 202 g/mol. The van der Waals surface area contributed by atoms with Crippen molar-refractivity contribution in [2.45, 2.75) is 39.2 Å². The molecule has 3 atom stereocenters. The zero-order chi connectivity index (χ0) is 12.1. The van der Waals surface area contributed by atoms with Gasteiger partial charge in [-0.2, -0.15) is 0 Å². The monoisotopic (exact) mass is 225 g/mol. The van der Waals surface area contributed by atoms with Crippen LogP contribution in [0.1, 0.15) is 33.1 Å². The zero-order valence-corrected chi connectivity index (χ0v) is 10.4. The molecule has 0 radical (unpaired) electrons. The van der Waals surface area contributed by atoms with Gasteiger partial charge in [-0.15, -0.1) is 6.58 Å². The van der Waals surface area contributed by atoms with E-state index in [0.29, 0.717) is 18.4 Å². The van der Waals surface area contributed by atoms with E-state index in [1.807, 2.05) is 6.08 Å². The smallest absolute Gasteiger partial charge is 0.303 e. The average Bonchev–Trinajstić information content (AvgIpc) is 2.27. The number of carboxylic acid groups (broad SMARTS) is 1. The molecule has 0 aromatic rings. The van der Waals surface area contributed by atoms with E-state index in [1.54, 1.807) is 0 Å². The molecule has 0 bridgehead atoms. The number of rotatable bonds is 5. The molecule has 0 aromatic carbocycles. The summed E-state index contributed by atoms with van der Waals surface area (Å²) >= 11 is 0. The van der Waals surface area contributed by atoms with E-state index in [2.05, 4.69) is 25.3 Å². The van der Waals surface area contributed by atoms with E-state index < -0.39 is 5.97 Å². The van der Waals surface area contributed by atoms with Crippen molar-refractivity contribution in [3.63, 3.8) is 0 Å². The van der Waals surface area contributed by atoms with Crippen molar-refractivity contribution < 1.29 is 9.90 Å². The fraction of sp³-hybridized carbons (Fsp3) is 0.769. The number of hydrogen-bond acceptors (Lipinski definition) is 2. The van der Waals surface area contributed by atoms with Crippen LogP contribution in [-0.4, -0.2) is 35.1 Å². The molecule has 0 spiro atoms. The number of carboxylic acids is 1. The fourth-order valence-corrected chi connectivity index (χ4v) is 2.47. The number of carbonyl (C=O) groups is 1. The first-order valence-corrected chi connectivity index (χ1v) is 6.13. The van der Waals surface area contributed by atoms with E-state index in [-0.39, 0.29) is 5.92 Å². The van der Waals surface area contributed by atoms with Crippen LogP contribution < -0.4 is 0 Å². The predicted molar refractivity (Wildman–Crippen MR) is 65.4 cm³/mol. The summed E-state index contributed by atoms with van der Waals surface area (Å²) < 4.78 is 0. The second-order valence-corrected chi connectivity index (χ2v) is 4.95. The van der Waals surface area contributed by atoms with Gasteiger partial charge in [0.05, 0.1) is 0 Å². The molecular formula is C13H23NO2. The van der Waals surface area contributed by atoms with E-state index >= 15 is 0 Å². The third-order valence-corrected chi connectivity index (χ3v) is 3.71. The van der Waals surface area contributed by atoms with Gasteiger partial charge in [-0.1, -0.05) is 13.0 Å². The van der Waals surface area contributed by atoms with Gasteiger partial charge in [0.15, 0.2) is 0 Å². The maximum atomic E-state index is 10.7. The van der Waals surface area contributed by atoms with E-state index in [1.165, 1.54) is 6.42 Å². The molecule has 1 rings (SSSR count). The van der Waals surface area contributed by atoms with Gasteiger partial charge in [0, 0.05) is 19.0 Å².